The number of hydrogen-bond donors (Lipinski definition) is 3. The van der Waals surface area contributed by atoms with Gasteiger partial charge in [0.25, 0.3) is 0 Å². The number of benzene rings is 1. The summed E-state index contributed by atoms with van der Waals surface area (Å²) < 4.78 is 4.41. The predicted octanol–water partition coefficient (Wildman–Crippen LogP) is 0.692. The molecule has 1 aromatic rings. The van der Waals surface area contributed by atoms with Crippen LogP contribution in [0.2, 0.25) is 0 Å². The second-order valence-corrected chi connectivity index (χ2v) is 2.74. The van der Waals surface area contributed by atoms with Gasteiger partial charge in [-0.05, 0) is 12.1 Å². The molecule has 0 aliphatic heterocycles. The highest BCUT2D eigenvalue weighted by Gasteiger charge is 2.19. The number of carbonyl (C=O) groups is 1. The highest BCUT2D eigenvalue weighted by Crippen LogP contribution is 2.27. The number of aromatic hydroxyl groups is 2. The molecule has 0 aromatic heterocycles. The van der Waals surface area contributed by atoms with Crippen LogP contribution in [-0.4, -0.2) is 23.3 Å². The number of nitrogens with two attached hydrogens (primary N) is 1. The maximum absolute atomic E-state index is 11.0. The highest BCUT2D eigenvalue weighted by molar-refractivity contribution is 5.85. The van der Waals surface area contributed by atoms with Gasteiger partial charge in [0, 0.05) is 11.6 Å². The van der Waals surface area contributed by atoms with Crippen LogP contribution in [0.3, 0.4) is 0 Å². The van der Waals surface area contributed by atoms with E-state index in [2.05, 4.69) is 4.74 Å². The van der Waals surface area contributed by atoms with Crippen molar-refractivity contribution in [3.05, 3.63) is 23.8 Å². The van der Waals surface area contributed by atoms with Crippen molar-refractivity contribution < 1.29 is 19.7 Å². The summed E-state index contributed by atoms with van der Waals surface area (Å²) in [5, 5.41) is 18.4. The lowest BCUT2D eigenvalue weighted by molar-refractivity contribution is -0.142. The Bertz CT molecular complexity index is 356. The molecule has 84 valence electrons. The maximum Gasteiger partial charge on any atom is 0.327 e. The molecule has 5 nitrogen and oxygen atoms in total. The predicted molar refractivity (Wildman–Crippen MR) is 56.0 cm³/mol. The van der Waals surface area contributed by atoms with Gasteiger partial charge in [0.15, 0.2) is 0 Å². The molecule has 0 heterocycles. The molecular formula is C9H12ClNO4. The van der Waals surface area contributed by atoms with Crippen molar-refractivity contribution in [1.29, 1.82) is 0 Å². The maximum atomic E-state index is 11.0. The average molecular weight is 234 g/mol. The van der Waals surface area contributed by atoms with Crippen LogP contribution < -0.4 is 5.73 Å². The van der Waals surface area contributed by atoms with Gasteiger partial charge in [-0.2, -0.15) is 0 Å². The third kappa shape index (κ3) is 3.00. The van der Waals surface area contributed by atoms with Crippen LogP contribution in [-0.2, 0) is 9.53 Å². The molecule has 0 radical (unpaired) electrons. The quantitative estimate of drug-likeness (QED) is 0.654. The summed E-state index contributed by atoms with van der Waals surface area (Å²) >= 11 is 0. The van der Waals surface area contributed by atoms with Crippen molar-refractivity contribution in [3.63, 3.8) is 0 Å². The lowest BCUT2D eigenvalue weighted by Gasteiger charge is -2.11. The fourth-order valence-electron chi connectivity index (χ4n) is 1.05. The molecule has 0 spiro atoms. The summed E-state index contributed by atoms with van der Waals surface area (Å²) in [5.74, 6) is -0.975. The van der Waals surface area contributed by atoms with Crippen molar-refractivity contribution in [1.82, 2.24) is 0 Å². The number of phenols is 2. The van der Waals surface area contributed by atoms with E-state index in [1.54, 1.807) is 0 Å². The fourth-order valence-corrected chi connectivity index (χ4v) is 1.05. The van der Waals surface area contributed by atoms with Crippen molar-refractivity contribution in [2.75, 3.05) is 7.11 Å². The zero-order valence-electron chi connectivity index (χ0n) is 8.01. The number of ether oxygens (including phenoxy) is 1. The number of carbonyl (C=O) groups excluding carboxylic acids is 1. The van der Waals surface area contributed by atoms with Gasteiger partial charge in [-0.3, -0.25) is 4.79 Å². The molecule has 0 unspecified atom stereocenters. The normalized spacial score (nSPS) is 11.3. The molecule has 6 heteroatoms. The lowest BCUT2D eigenvalue weighted by atomic mass is 10.1. The van der Waals surface area contributed by atoms with Gasteiger partial charge < -0.3 is 20.7 Å². The Morgan fingerprint density at radius 2 is 2.07 bits per heavy atom. The van der Waals surface area contributed by atoms with Gasteiger partial charge in [0.05, 0.1) is 7.11 Å². The first-order valence-corrected chi connectivity index (χ1v) is 3.91. The molecule has 1 rings (SSSR count). The Hall–Kier alpha value is -1.46. The summed E-state index contributed by atoms with van der Waals surface area (Å²) in [6.45, 7) is 0. The van der Waals surface area contributed by atoms with Crippen molar-refractivity contribution >= 4 is 18.4 Å². The molecule has 0 aliphatic carbocycles. The van der Waals surface area contributed by atoms with E-state index in [-0.39, 0.29) is 29.5 Å². The smallest absolute Gasteiger partial charge is 0.327 e. The Labute approximate surface area is 92.9 Å². The summed E-state index contributed by atoms with van der Waals surface area (Å²) in [5.41, 5.74) is 5.70. The first-order valence-electron chi connectivity index (χ1n) is 3.91. The van der Waals surface area contributed by atoms with Crippen LogP contribution in [0.25, 0.3) is 0 Å². The van der Waals surface area contributed by atoms with Crippen LogP contribution in [0.15, 0.2) is 18.2 Å². The molecule has 0 aliphatic rings. The van der Waals surface area contributed by atoms with E-state index in [1.165, 1.54) is 19.2 Å². The SMILES string of the molecule is COC(=O)[C@H](N)c1ccc(O)cc1O.Cl. The summed E-state index contributed by atoms with van der Waals surface area (Å²) in [4.78, 5) is 11.0. The Kier molecular flexibility index (Phi) is 4.90. The Morgan fingerprint density at radius 1 is 1.47 bits per heavy atom. The Balaban J connectivity index is 0.00000196. The summed E-state index contributed by atoms with van der Waals surface area (Å²) in [7, 11) is 1.21. The van der Waals surface area contributed by atoms with E-state index in [1.807, 2.05) is 0 Å². The van der Waals surface area contributed by atoms with Gasteiger partial charge >= 0.3 is 5.97 Å². The molecule has 1 aromatic carbocycles. The molecular weight excluding hydrogens is 222 g/mol. The van der Waals surface area contributed by atoms with Crippen LogP contribution in [0.1, 0.15) is 11.6 Å². The van der Waals surface area contributed by atoms with Gasteiger partial charge in [-0.25, -0.2) is 0 Å². The third-order valence-corrected chi connectivity index (χ3v) is 1.80. The highest BCUT2D eigenvalue weighted by atomic mass is 35.5. The van der Waals surface area contributed by atoms with Gasteiger partial charge in [-0.15, -0.1) is 12.4 Å². The minimum absolute atomic E-state index is 0. The minimum atomic E-state index is -1.04. The number of phenolic OH excluding ortho intramolecular Hbond substituents is 2. The van der Waals surface area contributed by atoms with Crippen molar-refractivity contribution in [2.45, 2.75) is 6.04 Å². The largest absolute Gasteiger partial charge is 0.508 e. The average Bonchev–Trinajstić information content (AvgIpc) is 2.15. The Morgan fingerprint density at radius 3 is 2.53 bits per heavy atom. The van der Waals surface area contributed by atoms with E-state index in [4.69, 9.17) is 10.8 Å². The van der Waals surface area contributed by atoms with Gasteiger partial charge in [0.2, 0.25) is 0 Å². The second-order valence-electron chi connectivity index (χ2n) is 2.74. The molecule has 0 fully saturated rings. The van der Waals surface area contributed by atoms with Crippen molar-refractivity contribution in [2.24, 2.45) is 5.73 Å². The van der Waals surface area contributed by atoms with E-state index in [9.17, 15) is 9.90 Å². The lowest BCUT2D eigenvalue weighted by Crippen LogP contribution is -2.22. The topological polar surface area (TPSA) is 92.8 Å². The molecule has 1 atom stereocenters. The molecule has 15 heavy (non-hydrogen) atoms. The number of esters is 1. The monoisotopic (exact) mass is 233 g/mol. The number of halogens is 1. The molecule has 0 amide bonds. The van der Waals surface area contributed by atoms with Crippen LogP contribution >= 0.6 is 12.4 Å². The van der Waals surface area contributed by atoms with Gasteiger partial charge in [-0.1, -0.05) is 0 Å². The van der Waals surface area contributed by atoms with E-state index in [0.717, 1.165) is 6.07 Å². The minimum Gasteiger partial charge on any atom is -0.508 e. The molecule has 0 bridgehead atoms. The molecule has 4 N–H and O–H groups in total. The summed E-state index contributed by atoms with van der Waals surface area (Å²) in [6, 6.07) is 2.77. The van der Waals surface area contributed by atoms with Crippen molar-refractivity contribution in [3.8, 4) is 11.5 Å². The zero-order valence-corrected chi connectivity index (χ0v) is 8.82. The van der Waals surface area contributed by atoms with Gasteiger partial charge in [0.1, 0.15) is 17.5 Å². The van der Waals surface area contributed by atoms with Crippen LogP contribution in [0, 0.1) is 0 Å². The third-order valence-electron chi connectivity index (χ3n) is 1.80. The summed E-state index contributed by atoms with van der Waals surface area (Å²) in [6.07, 6.45) is 0. The van der Waals surface area contributed by atoms with E-state index in [0.29, 0.717) is 0 Å². The number of methoxy groups -OCH3 is 1. The first kappa shape index (κ1) is 13.5. The molecule has 0 saturated carbocycles. The van der Waals surface area contributed by atoms with E-state index >= 15 is 0 Å². The standard InChI is InChI=1S/C9H11NO4.ClH/c1-14-9(13)8(10)6-3-2-5(11)4-7(6)12;/h2-4,8,11-12H,10H2,1H3;1H/t8-;/m1./s1. The van der Waals surface area contributed by atoms with E-state index < -0.39 is 12.0 Å². The zero-order chi connectivity index (χ0) is 10.7. The number of rotatable bonds is 2. The second kappa shape index (κ2) is 5.43. The van der Waals surface area contributed by atoms with Crippen LogP contribution in [0.4, 0.5) is 0 Å². The first-order chi connectivity index (χ1) is 6.56. The fraction of sp³-hybridized carbons (Fsp3) is 0.222. The van der Waals surface area contributed by atoms with Crippen LogP contribution in [0.5, 0.6) is 11.5 Å². The molecule has 0 saturated heterocycles. The number of hydrogen-bond acceptors (Lipinski definition) is 5.